The number of hydrogen-bond acceptors (Lipinski definition) is 6. The molecule has 6 nitrogen and oxygen atoms in total. The minimum absolute atomic E-state index is 0.0431. The minimum Gasteiger partial charge on any atom is -0.484 e. The van der Waals surface area contributed by atoms with Crippen LogP contribution in [0.25, 0.3) is 0 Å². The normalized spacial score (nSPS) is 10.4. The van der Waals surface area contributed by atoms with E-state index in [-0.39, 0.29) is 12.4 Å². The van der Waals surface area contributed by atoms with E-state index in [9.17, 15) is 4.79 Å². The van der Waals surface area contributed by atoms with E-state index in [1.807, 2.05) is 42.5 Å². The number of nitrogens with one attached hydrogen (secondary N) is 1. The van der Waals surface area contributed by atoms with Crippen LogP contribution >= 0.6 is 0 Å². The van der Waals surface area contributed by atoms with Crippen molar-refractivity contribution in [2.24, 2.45) is 0 Å². The number of nitrogens with zero attached hydrogens (tertiary/aromatic N) is 2. The number of rotatable bonds is 7. The van der Waals surface area contributed by atoms with Crippen LogP contribution in [0.2, 0.25) is 0 Å². The van der Waals surface area contributed by atoms with Gasteiger partial charge in [0.05, 0.1) is 6.54 Å². The van der Waals surface area contributed by atoms with E-state index in [2.05, 4.69) is 15.5 Å². The maximum atomic E-state index is 11.2. The Morgan fingerprint density at radius 1 is 1.04 bits per heavy atom. The van der Waals surface area contributed by atoms with Crippen LogP contribution in [0.4, 0.5) is 5.69 Å². The predicted octanol–water partition coefficient (Wildman–Crippen LogP) is 3.46. The van der Waals surface area contributed by atoms with Crippen LogP contribution in [0.15, 0.2) is 59.0 Å². The largest absolute Gasteiger partial charge is 0.484 e. The van der Waals surface area contributed by atoms with Crippen molar-refractivity contribution in [2.75, 3.05) is 5.32 Å². The van der Waals surface area contributed by atoms with Crippen molar-refractivity contribution in [1.82, 2.24) is 10.2 Å². The van der Waals surface area contributed by atoms with Crippen LogP contribution in [-0.4, -0.2) is 16.0 Å². The summed E-state index contributed by atoms with van der Waals surface area (Å²) in [4.78, 5) is 11.2. The van der Waals surface area contributed by atoms with Gasteiger partial charge in [-0.3, -0.25) is 4.79 Å². The fraction of sp³-hybridized carbons (Fsp3) is 0.167. The standard InChI is InChI=1S/C18H17N3O3/c1-13(22)14-7-9-15(10-8-14)19-11-17-20-21-18(24-17)12-23-16-5-3-2-4-6-16/h2-10,19H,11-12H2,1H3. The lowest BCUT2D eigenvalue weighted by atomic mass is 10.1. The Bertz CT molecular complexity index is 798. The number of aromatic nitrogens is 2. The Hall–Kier alpha value is -3.15. The van der Waals surface area contributed by atoms with E-state index in [1.165, 1.54) is 0 Å². The number of ketones is 1. The average Bonchev–Trinajstić information content (AvgIpc) is 3.07. The van der Waals surface area contributed by atoms with Gasteiger partial charge in [0.15, 0.2) is 12.4 Å². The summed E-state index contributed by atoms with van der Waals surface area (Å²) in [5, 5.41) is 11.1. The molecule has 0 radical (unpaired) electrons. The van der Waals surface area contributed by atoms with Gasteiger partial charge in [0, 0.05) is 11.3 Å². The molecule has 1 heterocycles. The summed E-state index contributed by atoms with van der Waals surface area (Å²) in [6.07, 6.45) is 0. The predicted molar refractivity (Wildman–Crippen MR) is 88.8 cm³/mol. The first-order chi connectivity index (χ1) is 11.7. The SMILES string of the molecule is CC(=O)c1ccc(NCc2nnc(COc3ccccc3)o2)cc1. The van der Waals surface area contributed by atoms with Crippen LogP contribution in [0, 0.1) is 0 Å². The van der Waals surface area contributed by atoms with E-state index < -0.39 is 0 Å². The number of carbonyl (C=O) groups excluding carboxylic acids is 1. The van der Waals surface area contributed by atoms with Gasteiger partial charge >= 0.3 is 0 Å². The average molecular weight is 323 g/mol. The second-order valence-corrected chi connectivity index (χ2v) is 5.18. The van der Waals surface area contributed by atoms with Crippen molar-refractivity contribution in [3.05, 3.63) is 71.9 Å². The monoisotopic (exact) mass is 323 g/mol. The Balaban J connectivity index is 1.51. The van der Waals surface area contributed by atoms with E-state index in [0.717, 1.165) is 11.4 Å². The van der Waals surface area contributed by atoms with Crippen molar-refractivity contribution in [3.8, 4) is 5.75 Å². The number of para-hydroxylation sites is 1. The van der Waals surface area contributed by atoms with Crippen molar-refractivity contribution in [3.63, 3.8) is 0 Å². The lowest BCUT2D eigenvalue weighted by Gasteiger charge is -2.04. The van der Waals surface area contributed by atoms with E-state index in [4.69, 9.17) is 9.15 Å². The van der Waals surface area contributed by atoms with Crippen molar-refractivity contribution < 1.29 is 13.9 Å². The van der Waals surface area contributed by atoms with Gasteiger partial charge < -0.3 is 14.5 Å². The van der Waals surface area contributed by atoms with Crippen molar-refractivity contribution in [1.29, 1.82) is 0 Å². The van der Waals surface area contributed by atoms with Gasteiger partial charge in [0.1, 0.15) is 5.75 Å². The molecule has 24 heavy (non-hydrogen) atoms. The molecular weight excluding hydrogens is 306 g/mol. The molecular formula is C18H17N3O3. The second kappa shape index (κ2) is 7.41. The van der Waals surface area contributed by atoms with Crippen LogP contribution in [0.5, 0.6) is 5.75 Å². The first-order valence-electron chi connectivity index (χ1n) is 7.55. The second-order valence-electron chi connectivity index (χ2n) is 5.18. The molecule has 0 aliphatic carbocycles. The molecule has 2 aromatic carbocycles. The van der Waals surface area contributed by atoms with Gasteiger partial charge in [-0.15, -0.1) is 10.2 Å². The fourth-order valence-corrected chi connectivity index (χ4v) is 2.08. The molecule has 0 spiro atoms. The zero-order valence-electron chi connectivity index (χ0n) is 13.2. The molecule has 3 aromatic rings. The van der Waals surface area contributed by atoms with E-state index in [1.54, 1.807) is 19.1 Å². The molecule has 0 bridgehead atoms. The minimum atomic E-state index is 0.0431. The lowest BCUT2D eigenvalue weighted by Crippen LogP contribution is -2.00. The van der Waals surface area contributed by atoms with Gasteiger partial charge in [-0.25, -0.2) is 0 Å². The third-order valence-electron chi connectivity index (χ3n) is 3.35. The summed E-state index contributed by atoms with van der Waals surface area (Å²) >= 11 is 0. The molecule has 0 amide bonds. The fourth-order valence-electron chi connectivity index (χ4n) is 2.08. The molecule has 1 aromatic heterocycles. The number of ether oxygens (including phenoxy) is 1. The first-order valence-corrected chi connectivity index (χ1v) is 7.55. The highest BCUT2D eigenvalue weighted by atomic mass is 16.5. The highest BCUT2D eigenvalue weighted by molar-refractivity contribution is 5.94. The molecule has 1 N–H and O–H groups in total. The Kier molecular flexibility index (Phi) is 4.86. The van der Waals surface area contributed by atoms with Crippen LogP contribution < -0.4 is 10.1 Å². The van der Waals surface area contributed by atoms with Gasteiger partial charge in [-0.2, -0.15) is 0 Å². The maximum Gasteiger partial charge on any atom is 0.253 e. The van der Waals surface area contributed by atoms with Crippen LogP contribution in [0.3, 0.4) is 0 Å². The van der Waals surface area contributed by atoms with E-state index in [0.29, 0.717) is 23.9 Å². The topological polar surface area (TPSA) is 77.2 Å². The molecule has 0 saturated heterocycles. The molecule has 0 saturated carbocycles. The summed E-state index contributed by atoms with van der Waals surface area (Å²) in [5.74, 6) is 1.68. The number of carbonyl (C=O) groups is 1. The third-order valence-corrected chi connectivity index (χ3v) is 3.35. The summed E-state index contributed by atoms with van der Waals surface area (Å²) in [6, 6.07) is 16.7. The van der Waals surface area contributed by atoms with Gasteiger partial charge in [0.25, 0.3) is 5.89 Å². The number of benzene rings is 2. The Labute approximate surface area is 139 Å². The highest BCUT2D eigenvalue weighted by Crippen LogP contribution is 2.13. The van der Waals surface area contributed by atoms with Gasteiger partial charge in [-0.1, -0.05) is 18.2 Å². The molecule has 0 fully saturated rings. The lowest BCUT2D eigenvalue weighted by molar-refractivity contribution is 0.101. The van der Waals surface area contributed by atoms with Crippen molar-refractivity contribution in [2.45, 2.75) is 20.1 Å². The van der Waals surface area contributed by atoms with Crippen LogP contribution in [0.1, 0.15) is 29.1 Å². The zero-order valence-corrected chi connectivity index (χ0v) is 13.2. The summed E-state index contributed by atoms with van der Waals surface area (Å²) in [5.41, 5.74) is 1.55. The number of hydrogen-bond donors (Lipinski definition) is 1. The van der Waals surface area contributed by atoms with Crippen molar-refractivity contribution >= 4 is 11.5 Å². The molecule has 0 aliphatic rings. The first kappa shape index (κ1) is 15.7. The van der Waals surface area contributed by atoms with Gasteiger partial charge in [0.2, 0.25) is 5.89 Å². The molecule has 0 unspecified atom stereocenters. The maximum absolute atomic E-state index is 11.2. The summed E-state index contributed by atoms with van der Waals surface area (Å²) in [6.45, 7) is 2.17. The van der Waals surface area contributed by atoms with Gasteiger partial charge in [-0.05, 0) is 43.3 Å². The Morgan fingerprint density at radius 3 is 2.46 bits per heavy atom. The Morgan fingerprint density at radius 2 is 1.75 bits per heavy atom. The zero-order chi connectivity index (χ0) is 16.8. The summed E-state index contributed by atoms with van der Waals surface area (Å²) in [7, 11) is 0. The molecule has 0 atom stereocenters. The molecule has 122 valence electrons. The number of anilines is 1. The molecule has 6 heteroatoms. The van der Waals surface area contributed by atoms with E-state index >= 15 is 0 Å². The highest BCUT2D eigenvalue weighted by Gasteiger charge is 2.07. The van der Waals surface area contributed by atoms with Crippen LogP contribution in [-0.2, 0) is 13.2 Å². The molecule has 0 aliphatic heterocycles. The third kappa shape index (κ3) is 4.19. The molecule has 3 rings (SSSR count). The summed E-state index contributed by atoms with van der Waals surface area (Å²) < 4.78 is 11.1. The quantitative estimate of drug-likeness (QED) is 0.671. The number of Topliss-reactive ketones (excluding diaryl/α,β-unsaturated/α-hetero) is 1. The smallest absolute Gasteiger partial charge is 0.253 e.